The fourth-order valence-corrected chi connectivity index (χ4v) is 5.47. The standard InChI is InChI=1S/C29H29Cl2N3O/c30-24-12-10-23(11-13-24)28-19-27(25-8-4-5-9-26(25)31)32-34(28)29(35)20-33-16-14-22(15-17-33)18-21-6-2-1-3-7-21/h1-13,22,28H,14-20H2. The van der Waals surface area contributed by atoms with Crippen LogP contribution in [0, 0.1) is 5.92 Å². The first-order valence-corrected chi connectivity index (χ1v) is 13.0. The van der Waals surface area contributed by atoms with Crippen molar-refractivity contribution in [1.82, 2.24) is 9.91 Å². The van der Waals surface area contributed by atoms with Crippen LogP contribution in [0.3, 0.4) is 0 Å². The van der Waals surface area contributed by atoms with Crippen molar-refractivity contribution in [2.24, 2.45) is 11.0 Å². The molecule has 1 unspecified atom stereocenters. The topological polar surface area (TPSA) is 35.9 Å². The molecule has 0 aromatic heterocycles. The second-order valence-electron chi connectivity index (χ2n) is 9.45. The van der Waals surface area contributed by atoms with E-state index in [1.165, 1.54) is 5.56 Å². The molecule has 1 fully saturated rings. The Balaban J connectivity index is 1.28. The summed E-state index contributed by atoms with van der Waals surface area (Å²) in [5.41, 5.74) is 4.14. The molecule has 2 aliphatic rings. The minimum Gasteiger partial charge on any atom is -0.294 e. The second kappa shape index (κ2) is 10.9. The van der Waals surface area contributed by atoms with Gasteiger partial charge in [-0.1, -0.05) is 83.9 Å². The Morgan fingerprint density at radius 2 is 1.57 bits per heavy atom. The second-order valence-corrected chi connectivity index (χ2v) is 10.3. The van der Waals surface area contributed by atoms with Crippen LogP contribution in [0.15, 0.2) is 84.0 Å². The number of likely N-dealkylation sites (tertiary alicyclic amines) is 1. The van der Waals surface area contributed by atoms with E-state index in [9.17, 15) is 4.79 Å². The molecule has 0 bridgehead atoms. The van der Waals surface area contributed by atoms with Gasteiger partial charge in [-0.3, -0.25) is 9.69 Å². The smallest absolute Gasteiger partial charge is 0.257 e. The van der Waals surface area contributed by atoms with Gasteiger partial charge >= 0.3 is 0 Å². The summed E-state index contributed by atoms with van der Waals surface area (Å²) < 4.78 is 0. The van der Waals surface area contributed by atoms with Gasteiger partial charge in [0, 0.05) is 22.0 Å². The number of benzene rings is 3. The molecule has 5 rings (SSSR count). The van der Waals surface area contributed by atoms with Gasteiger partial charge in [-0.15, -0.1) is 0 Å². The van der Waals surface area contributed by atoms with E-state index in [4.69, 9.17) is 28.3 Å². The molecule has 3 aromatic rings. The Hall–Kier alpha value is -2.66. The van der Waals surface area contributed by atoms with Crippen molar-refractivity contribution in [2.75, 3.05) is 19.6 Å². The number of amides is 1. The minimum absolute atomic E-state index is 0.0218. The van der Waals surface area contributed by atoms with Crippen LogP contribution in [0.2, 0.25) is 10.0 Å². The Labute approximate surface area is 217 Å². The van der Waals surface area contributed by atoms with Crippen LogP contribution in [0.4, 0.5) is 0 Å². The average molecular weight is 506 g/mol. The lowest BCUT2D eigenvalue weighted by Gasteiger charge is -2.33. The lowest BCUT2D eigenvalue weighted by molar-refractivity contribution is -0.134. The molecule has 2 aliphatic heterocycles. The third kappa shape index (κ3) is 5.78. The zero-order chi connectivity index (χ0) is 24.2. The number of rotatable bonds is 6. The van der Waals surface area contributed by atoms with Crippen LogP contribution in [0.5, 0.6) is 0 Å². The number of hydrogen-bond donors (Lipinski definition) is 0. The molecule has 0 radical (unpaired) electrons. The maximum atomic E-state index is 13.5. The fraction of sp³-hybridized carbons (Fsp3) is 0.310. The maximum Gasteiger partial charge on any atom is 0.257 e. The first-order valence-electron chi connectivity index (χ1n) is 12.2. The van der Waals surface area contributed by atoms with E-state index in [1.54, 1.807) is 5.01 Å². The van der Waals surface area contributed by atoms with Crippen molar-refractivity contribution in [3.8, 4) is 0 Å². The highest BCUT2D eigenvalue weighted by molar-refractivity contribution is 6.34. The minimum atomic E-state index is -0.165. The molecule has 35 heavy (non-hydrogen) atoms. The van der Waals surface area contributed by atoms with Crippen LogP contribution in [-0.2, 0) is 11.2 Å². The summed E-state index contributed by atoms with van der Waals surface area (Å²) in [5, 5.41) is 7.78. The van der Waals surface area contributed by atoms with Gasteiger partial charge in [0.15, 0.2) is 0 Å². The highest BCUT2D eigenvalue weighted by Gasteiger charge is 2.34. The predicted molar refractivity (Wildman–Crippen MR) is 143 cm³/mol. The Bertz CT molecular complexity index is 1190. The number of carbonyl (C=O) groups excluding carboxylic acids is 1. The summed E-state index contributed by atoms with van der Waals surface area (Å²) >= 11 is 12.6. The molecule has 4 nitrogen and oxygen atoms in total. The maximum absolute atomic E-state index is 13.5. The van der Waals surface area contributed by atoms with E-state index < -0.39 is 0 Å². The number of hydrogen-bond acceptors (Lipinski definition) is 3. The van der Waals surface area contributed by atoms with E-state index in [1.807, 2.05) is 48.5 Å². The highest BCUT2D eigenvalue weighted by Crippen LogP contribution is 2.35. The third-order valence-corrected chi connectivity index (χ3v) is 7.62. The van der Waals surface area contributed by atoms with E-state index >= 15 is 0 Å². The van der Waals surface area contributed by atoms with Crippen molar-refractivity contribution in [1.29, 1.82) is 0 Å². The molecule has 0 N–H and O–H groups in total. The van der Waals surface area contributed by atoms with Gasteiger partial charge in [-0.05, 0) is 67.6 Å². The summed E-state index contributed by atoms with van der Waals surface area (Å²) in [6.07, 6.45) is 3.95. The van der Waals surface area contributed by atoms with E-state index in [2.05, 4.69) is 35.2 Å². The molecule has 3 aromatic carbocycles. The normalized spacial score (nSPS) is 19.1. The number of carbonyl (C=O) groups is 1. The first-order chi connectivity index (χ1) is 17.1. The number of hydrazone groups is 1. The van der Waals surface area contributed by atoms with Crippen molar-refractivity contribution in [3.05, 3.63) is 106 Å². The fourth-order valence-electron chi connectivity index (χ4n) is 5.10. The van der Waals surface area contributed by atoms with Crippen LogP contribution in [-0.4, -0.2) is 41.2 Å². The number of halogens is 2. The summed E-state index contributed by atoms with van der Waals surface area (Å²) in [6.45, 7) is 2.25. The van der Waals surface area contributed by atoms with E-state index in [-0.39, 0.29) is 11.9 Å². The third-order valence-electron chi connectivity index (χ3n) is 7.04. The quantitative estimate of drug-likeness (QED) is 0.377. The number of nitrogens with zero attached hydrogens (tertiary/aromatic N) is 3. The summed E-state index contributed by atoms with van der Waals surface area (Å²) in [6, 6.07) is 25.9. The van der Waals surface area contributed by atoms with Gasteiger partial charge in [0.25, 0.3) is 5.91 Å². The van der Waals surface area contributed by atoms with Crippen LogP contribution in [0.25, 0.3) is 0 Å². The monoisotopic (exact) mass is 505 g/mol. The van der Waals surface area contributed by atoms with E-state index in [0.29, 0.717) is 28.9 Å². The van der Waals surface area contributed by atoms with Gasteiger partial charge in [0.05, 0.1) is 18.3 Å². The van der Waals surface area contributed by atoms with Gasteiger partial charge in [-0.25, -0.2) is 5.01 Å². The van der Waals surface area contributed by atoms with Crippen molar-refractivity contribution in [2.45, 2.75) is 31.7 Å². The SMILES string of the molecule is O=C(CN1CCC(Cc2ccccc2)CC1)N1N=C(c2ccccc2Cl)CC1c1ccc(Cl)cc1. The van der Waals surface area contributed by atoms with Gasteiger partial charge < -0.3 is 0 Å². The molecule has 2 heterocycles. The zero-order valence-corrected chi connectivity index (χ0v) is 21.1. The molecule has 0 spiro atoms. The molecule has 180 valence electrons. The molecular weight excluding hydrogens is 477 g/mol. The Morgan fingerprint density at radius 1 is 0.886 bits per heavy atom. The van der Waals surface area contributed by atoms with Crippen molar-refractivity contribution < 1.29 is 4.79 Å². The highest BCUT2D eigenvalue weighted by atomic mass is 35.5. The molecule has 6 heteroatoms. The predicted octanol–water partition coefficient (Wildman–Crippen LogP) is 6.63. The summed E-state index contributed by atoms with van der Waals surface area (Å²) in [5.74, 6) is 0.690. The van der Waals surface area contributed by atoms with Gasteiger partial charge in [0.2, 0.25) is 0 Å². The molecule has 0 aliphatic carbocycles. The largest absolute Gasteiger partial charge is 0.294 e. The lowest BCUT2D eigenvalue weighted by Crippen LogP contribution is -2.42. The molecule has 0 saturated carbocycles. The van der Waals surface area contributed by atoms with E-state index in [0.717, 1.165) is 49.2 Å². The molecule has 1 amide bonds. The first kappa shape index (κ1) is 24.1. The average Bonchev–Trinajstić information content (AvgIpc) is 3.32. The van der Waals surface area contributed by atoms with Crippen molar-refractivity contribution in [3.63, 3.8) is 0 Å². The van der Waals surface area contributed by atoms with Gasteiger partial charge in [-0.2, -0.15) is 5.10 Å². The molecular formula is C29H29Cl2N3O. The Kier molecular flexibility index (Phi) is 7.52. The van der Waals surface area contributed by atoms with Crippen LogP contribution < -0.4 is 0 Å². The van der Waals surface area contributed by atoms with Crippen LogP contribution >= 0.6 is 23.2 Å². The molecule has 1 atom stereocenters. The summed E-state index contributed by atoms with van der Waals surface area (Å²) in [4.78, 5) is 15.8. The van der Waals surface area contributed by atoms with Gasteiger partial charge in [0.1, 0.15) is 0 Å². The van der Waals surface area contributed by atoms with Crippen molar-refractivity contribution >= 4 is 34.8 Å². The van der Waals surface area contributed by atoms with Crippen LogP contribution in [0.1, 0.15) is 42.0 Å². The summed E-state index contributed by atoms with van der Waals surface area (Å²) in [7, 11) is 0. The Morgan fingerprint density at radius 3 is 2.29 bits per heavy atom. The molecule has 1 saturated heterocycles. The lowest BCUT2D eigenvalue weighted by atomic mass is 9.90. The number of piperidine rings is 1. The zero-order valence-electron chi connectivity index (χ0n) is 19.6.